The molecule has 2 aliphatic rings. The Morgan fingerprint density at radius 1 is 1.27 bits per heavy atom. The van der Waals surface area contributed by atoms with Gasteiger partial charge in [-0.3, -0.25) is 5.32 Å². The van der Waals surface area contributed by atoms with Gasteiger partial charge in [-0.25, -0.2) is 8.42 Å². The minimum absolute atomic E-state index is 0. The number of hydrogen-bond acceptors (Lipinski definition) is 4. The Labute approximate surface area is 97.1 Å². The molecule has 0 aromatic rings. The van der Waals surface area contributed by atoms with Gasteiger partial charge in [0.2, 0.25) is 0 Å². The molecule has 0 radical (unpaired) electrons. The van der Waals surface area contributed by atoms with Crippen LogP contribution in [0.4, 0.5) is 0 Å². The van der Waals surface area contributed by atoms with Gasteiger partial charge in [-0.05, 0) is 25.8 Å². The predicted octanol–water partition coefficient (Wildman–Crippen LogP) is 0.569. The van der Waals surface area contributed by atoms with Crippen LogP contribution in [-0.2, 0) is 14.6 Å². The molecule has 2 heterocycles. The van der Waals surface area contributed by atoms with Crippen LogP contribution in [0.2, 0.25) is 0 Å². The fourth-order valence-corrected chi connectivity index (χ4v) is 3.95. The van der Waals surface area contributed by atoms with Gasteiger partial charge in [-0.15, -0.1) is 12.4 Å². The Hall–Kier alpha value is 0.160. The van der Waals surface area contributed by atoms with Crippen LogP contribution < -0.4 is 5.32 Å². The highest BCUT2D eigenvalue weighted by atomic mass is 35.5. The highest BCUT2D eigenvalue weighted by molar-refractivity contribution is 7.91. The Balaban J connectivity index is 0.00000112. The Morgan fingerprint density at radius 3 is 2.67 bits per heavy atom. The minimum Gasteiger partial charge on any atom is -0.363 e. The molecule has 2 unspecified atom stereocenters. The first-order valence-electron chi connectivity index (χ1n) is 5.23. The van der Waals surface area contributed by atoms with Crippen molar-refractivity contribution < 1.29 is 13.2 Å². The second-order valence-corrected chi connectivity index (χ2v) is 6.34. The van der Waals surface area contributed by atoms with E-state index in [1.54, 1.807) is 0 Å². The number of nitrogens with one attached hydrogen (secondary N) is 1. The van der Waals surface area contributed by atoms with E-state index in [9.17, 15) is 8.42 Å². The zero-order chi connectivity index (χ0) is 10.0. The lowest BCUT2D eigenvalue weighted by atomic mass is 10.0. The van der Waals surface area contributed by atoms with Gasteiger partial charge in [-0.1, -0.05) is 0 Å². The summed E-state index contributed by atoms with van der Waals surface area (Å²) in [4.78, 5) is 0. The monoisotopic (exact) mass is 255 g/mol. The summed E-state index contributed by atoms with van der Waals surface area (Å²) < 4.78 is 28.4. The Kier molecular flexibility index (Phi) is 4.83. The third-order valence-corrected chi connectivity index (χ3v) is 4.74. The molecule has 4 nitrogen and oxygen atoms in total. The van der Waals surface area contributed by atoms with Crippen LogP contribution in [-0.4, -0.2) is 39.3 Å². The van der Waals surface area contributed by atoms with Crippen LogP contribution >= 0.6 is 12.4 Å². The van der Waals surface area contributed by atoms with E-state index in [-0.39, 0.29) is 24.6 Å². The lowest BCUT2D eigenvalue weighted by Gasteiger charge is -2.33. The molecule has 2 fully saturated rings. The zero-order valence-electron chi connectivity index (χ0n) is 8.65. The molecule has 90 valence electrons. The van der Waals surface area contributed by atoms with Gasteiger partial charge in [-0.2, -0.15) is 0 Å². The molecule has 0 aromatic carbocycles. The van der Waals surface area contributed by atoms with Gasteiger partial charge in [0.15, 0.2) is 9.84 Å². The Bertz CT molecular complexity index is 288. The number of sulfone groups is 1. The van der Waals surface area contributed by atoms with Crippen molar-refractivity contribution in [3.05, 3.63) is 0 Å². The third-order valence-electron chi connectivity index (χ3n) is 2.89. The minimum atomic E-state index is -2.80. The molecule has 6 heteroatoms. The molecule has 15 heavy (non-hydrogen) atoms. The van der Waals surface area contributed by atoms with Crippen LogP contribution in [0.25, 0.3) is 0 Å². The average molecular weight is 256 g/mol. The van der Waals surface area contributed by atoms with Crippen molar-refractivity contribution in [2.24, 2.45) is 5.92 Å². The number of halogens is 1. The second-order valence-electron chi connectivity index (χ2n) is 4.12. The van der Waals surface area contributed by atoms with E-state index in [0.717, 1.165) is 32.4 Å². The first-order chi connectivity index (χ1) is 6.67. The first kappa shape index (κ1) is 13.2. The molecular formula is C9H18ClNO3S. The largest absolute Gasteiger partial charge is 0.363 e. The smallest absolute Gasteiger partial charge is 0.150 e. The maximum Gasteiger partial charge on any atom is 0.150 e. The summed E-state index contributed by atoms with van der Waals surface area (Å²) in [5, 5.41) is 3.24. The van der Waals surface area contributed by atoms with Gasteiger partial charge < -0.3 is 4.74 Å². The van der Waals surface area contributed by atoms with Crippen LogP contribution in [0.5, 0.6) is 0 Å². The fourth-order valence-electron chi connectivity index (χ4n) is 2.19. The van der Waals surface area contributed by atoms with Crippen molar-refractivity contribution in [3.8, 4) is 0 Å². The molecule has 2 aliphatic heterocycles. The van der Waals surface area contributed by atoms with Crippen LogP contribution in [0, 0.1) is 5.92 Å². The maximum absolute atomic E-state index is 11.4. The van der Waals surface area contributed by atoms with Crippen molar-refractivity contribution in [3.63, 3.8) is 0 Å². The summed E-state index contributed by atoms with van der Waals surface area (Å²) in [7, 11) is -2.80. The predicted molar refractivity (Wildman–Crippen MR) is 61.0 cm³/mol. The standard InChI is InChI=1S/C9H17NO3S.ClH/c11-14(12)6-1-3-8(7-14)9-10-4-2-5-13-9;/h8-10H,1-7H2;1H. The molecular weight excluding hydrogens is 238 g/mol. The number of hydrogen-bond donors (Lipinski definition) is 1. The summed E-state index contributed by atoms with van der Waals surface area (Å²) in [6.45, 7) is 1.70. The molecule has 0 saturated carbocycles. The normalized spacial score (nSPS) is 35.5. The molecule has 0 bridgehead atoms. The molecule has 2 saturated heterocycles. The lowest BCUT2D eigenvalue weighted by Crippen LogP contribution is -2.47. The van der Waals surface area contributed by atoms with Gasteiger partial charge in [0.1, 0.15) is 6.23 Å². The van der Waals surface area contributed by atoms with Crippen LogP contribution in [0.3, 0.4) is 0 Å². The molecule has 0 aromatic heterocycles. The van der Waals surface area contributed by atoms with Gasteiger partial charge in [0.25, 0.3) is 0 Å². The third kappa shape index (κ3) is 3.59. The SMILES string of the molecule is Cl.O=S1(=O)CCCC(C2NCCCO2)C1. The summed E-state index contributed by atoms with van der Waals surface area (Å²) >= 11 is 0. The van der Waals surface area contributed by atoms with Crippen molar-refractivity contribution in [1.29, 1.82) is 0 Å². The summed E-state index contributed by atoms with van der Waals surface area (Å²) in [6.07, 6.45) is 2.75. The summed E-state index contributed by atoms with van der Waals surface area (Å²) in [5.41, 5.74) is 0. The first-order valence-corrected chi connectivity index (χ1v) is 7.05. The second kappa shape index (κ2) is 5.48. The van der Waals surface area contributed by atoms with E-state index in [0.29, 0.717) is 11.5 Å². The van der Waals surface area contributed by atoms with E-state index < -0.39 is 9.84 Å². The number of ether oxygens (including phenoxy) is 1. The molecule has 0 aliphatic carbocycles. The molecule has 2 rings (SSSR count). The zero-order valence-corrected chi connectivity index (χ0v) is 10.3. The van der Waals surface area contributed by atoms with E-state index in [1.165, 1.54) is 0 Å². The number of rotatable bonds is 1. The highest BCUT2D eigenvalue weighted by Gasteiger charge is 2.32. The quantitative estimate of drug-likeness (QED) is 0.744. The van der Waals surface area contributed by atoms with Gasteiger partial charge in [0, 0.05) is 12.5 Å². The van der Waals surface area contributed by atoms with Gasteiger partial charge in [0.05, 0.1) is 11.5 Å². The summed E-state index contributed by atoms with van der Waals surface area (Å²) in [6, 6.07) is 0. The maximum atomic E-state index is 11.4. The van der Waals surface area contributed by atoms with Gasteiger partial charge >= 0.3 is 0 Å². The summed E-state index contributed by atoms with van der Waals surface area (Å²) in [5.74, 6) is 0.815. The molecule has 0 spiro atoms. The highest BCUT2D eigenvalue weighted by Crippen LogP contribution is 2.23. The van der Waals surface area contributed by atoms with E-state index in [1.807, 2.05) is 0 Å². The molecule has 0 amide bonds. The lowest BCUT2D eigenvalue weighted by molar-refractivity contribution is -0.0331. The van der Waals surface area contributed by atoms with E-state index >= 15 is 0 Å². The van der Waals surface area contributed by atoms with Crippen molar-refractivity contribution in [2.75, 3.05) is 24.7 Å². The average Bonchev–Trinajstić information content (AvgIpc) is 2.18. The van der Waals surface area contributed by atoms with Crippen LogP contribution in [0.15, 0.2) is 0 Å². The molecule has 2 atom stereocenters. The van der Waals surface area contributed by atoms with E-state index in [2.05, 4.69) is 5.32 Å². The van der Waals surface area contributed by atoms with E-state index in [4.69, 9.17) is 4.74 Å². The van der Waals surface area contributed by atoms with Crippen molar-refractivity contribution in [2.45, 2.75) is 25.5 Å². The van der Waals surface area contributed by atoms with Crippen molar-refractivity contribution in [1.82, 2.24) is 5.32 Å². The fraction of sp³-hybridized carbons (Fsp3) is 1.00. The Morgan fingerprint density at radius 2 is 2.07 bits per heavy atom. The van der Waals surface area contributed by atoms with Crippen molar-refractivity contribution >= 4 is 22.2 Å². The topological polar surface area (TPSA) is 55.4 Å². The molecule has 1 N–H and O–H groups in total. The van der Waals surface area contributed by atoms with Crippen LogP contribution in [0.1, 0.15) is 19.3 Å².